The van der Waals surface area contributed by atoms with E-state index in [1.807, 2.05) is 44.4 Å². The zero-order valence-electron chi connectivity index (χ0n) is 11.8. The Labute approximate surface area is 122 Å². The van der Waals surface area contributed by atoms with E-state index in [4.69, 9.17) is 4.74 Å². The van der Waals surface area contributed by atoms with Gasteiger partial charge in [0.1, 0.15) is 0 Å². The van der Waals surface area contributed by atoms with Crippen LogP contribution in [-0.4, -0.2) is 17.0 Å². The first-order valence-corrected chi connectivity index (χ1v) is 7.38. The van der Waals surface area contributed by atoms with Gasteiger partial charge in [0.2, 0.25) is 5.88 Å². The van der Waals surface area contributed by atoms with Gasteiger partial charge in [-0.2, -0.15) is 0 Å². The number of carbonyl (C=O) groups excluding carboxylic acids is 1. The van der Waals surface area contributed by atoms with Crippen LogP contribution in [0.1, 0.15) is 34.6 Å². The average molecular weight is 290 g/mol. The average Bonchev–Trinajstić information content (AvgIpc) is 2.83. The molecule has 0 aliphatic rings. The molecule has 106 valence electrons. The van der Waals surface area contributed by atoms with Crippen molar-refractivity contribution in [3.8, 4) is 5.88 Å². The first-order valence-electron chi connectivity index (χ1n) is 6.50. The normalized spacial score (nSPS) is 10.6. The number of hydrogen-bond acceptors (Lipinski definition) is 4. The SMILES string of the molecule is Cc1ccsc1C(=O)NCc1ccc(OC(C)C)nc1. The number of aromatic nitrogens is 1. The minimum Gasteiger partial charge on any atom is -0.475 e. The molecule has 0 fully saturated rings. The van der Waals surface area contributed by atoms with Crippen molar-refractivity contribution in [2.75, 3.05) is 0 Å². The quantitative estimate of drug-likeness (QED) is 0.920. The second-order valence-electron chi connectivity index (χ2n) is 4.79. The highest BCUT2D eigenvalue weighted by molar-refractivity contribution is 7.12. The first-order chi connectivity index (χ1) is 9.56. The number of rotatable bonds is 5. The van der Waals surface area contributed by atoms with Gasteiger partial charge in [0.15, 0.2) is 0 Å². The van der Waals surface area contributed by atoms with Gasteiger partial charge in [0, 0.05) is 18.8 Å². The maximum Gasteiger partial charge on any atom is 0.261 e. The van der Waals surface area contributed by atoms with E-state index in [-0.39, 0.29) is 12.0 Å². The predicted octanol–water partition coefficient (Wildman–Crippen LogP) is 3.17. The molecule has 0 radical (unpaired) electrons. The van der Waals surface area contributed by atoms with Crippen molar-refractivity contribution in [1.82, 2.24) is 10.3 Å². The summed E-state index contributed by atoms with van der Waals surface area (Å²) in [4.78, 5) is 16.9. The van der Waals surface area contributed by atoms with Gasteiger partial charge < -0.3 is 10.1 Å². The fourth-order valence-corrected chi connectivity index (χ4v) is 2.54. The molecule has 4 nitrogen and oxygen atoms in total. The molecule has 0 unspecified atom stereocenters. The van der Waals surface area contributed by atoms with Crippen LogP contribution in [0.3, 0.4) is 0 Å². The third-order valence-electron chi connectivity index (χ3n) is 2.68. The third kappa shape index (κ3) is 3.81. The molecule has 0 aromatic carbocycles. The lowest BCUT2D eigenvalue weighted by Gasteiger charge is -2.09. The fraction of sp³-hybridized carbons (Fsp3) is 0.333. The summed E-state index contributed by atoms with van der Waals surface area (Å²) in [7, 11) is 0. The van der Waals surface area contributed by atoms with Crippen molar-refractivity contribution < 1.29 is 9.53 Å². The van der Waals surface area contributed by atoms with E-state index in [1.54, 1.807) is 6.20 Å². The van der Waals surface area contributed by atoms with E-state index in [0.29, 0.717) is 12.4 Å². The number of hydrogen-bond donors (Lipinski definition) is 1. The Morgan fingerprint density at radius 1 is 1.40 bits per heavy atom. The highest BCUT2D eigenvalue weighted by Crippen LogP contribution is 2.15. The Morgan fingerprint density at radius 3 is 2.75 bits per heavy atom. The molecule has 0 atom stereocenters. The highest BCUT2D eigenvalue weighted by atomic mass is 32.1. The molecule has 5 heteroatoms. The number of pyridine rings is 1. The number of aryl methyl sites for hydroxylation is 1. The van der Waals surface area contributed by atoms with E-state index in [2.05, 4.69) is 10.3 Å². The van der Waals surface area contributed by atoms with Crippen LogP contribution >= 0.6 is 11.3 Å². The first kappa shape index (κ1) is 14.5. The second kappa shape index (κ2) is 6.52. The van der Waals surface area contributed by atoms with Crippen molar-refractivity contribution in [3.05, 3.63) is 45.8 Å². The molecular weight excluding hydrogens is 272 g/mol. The van der Waals surface area contributed by atoms with Gasteiger partial charge in [0.05, 0.1) is 11.0 Å². The molecule has 0 bridgehead atoms. The summed E-state index contributed by atoms with van der Waals surface area (Å²) < 4.78 is 5.47. The number of ether oxygens (including phenoxy) is 1. The van der Waals surface area contributed by atoms with Crippen LogP contribution in [0.25, 0.3) is 0 Å². The number of amides is 1. The number of nitrogens with zero attached hydrogens (tertiary/aromatic N) is 1. The molecule has 0 saturated carbocycles. The van der Waals surface area contributed by atoms with Gasteiger partial charge in [-0.3, -0.25) is 4.79 Å². The van der Waals surface area contributed by atoms with Crippen molar-refractivity contribution in [2.45, 2.75) is 33.4 Å². The number of carbonyl (C=O) groups is 1. The Balaban J connectivity index is 1.91. The lowest BCUT2D eigenvalue weighted by atomic mass is 10.2. The molecule has 0 aliphatic heterocycles. The van der Waals surface area contributed by atoms with Crippen molar-refractivity contribution >= 4 is 17.2 Å². The van der Waals surface area contributed by atoms with Gasteiger partial charge in [-0.15, -0.1) is 11.3 Å². The van der Waals surface area contributed by atoms with Crippen molar-refractivity contribution in [1.29, 1.82) is 0 Å². The number of thiophene rings is 1. The Hall–Kier alpha value is -1.88. The maximum atomic E-state index is 12.0. The number of nitrogens with one attached hydrogen (secondary N) is 1. The highest BCUT2D eigenvalue weighted by Gasteiger charge is 2.09. The van der Waals surface area contributed by atoms with Gasteiger partial charge in [0.25, 0.3) is 5.91 Å². The zero-order valence-corrected chi connectivity index (χ0v) is 12.7. The van der Waals surface area contributed by atoms with Crippen LogP contribution < -0.4 is 10.1 Å². The van der Waals surface area contributed by atoms with Gasteiger partial charge in [-0.25, -0.2) is 4.98 Å². The Kier molecular flexibility index (Phi) is 4.74. The molecule has 0 saturated heterocycles. The molecule has 0 spiro atoms. The Bertz CT molecular complexity index is 576. The summed E-state index contributed by atoms with van der Waals surface area (Å²) in [5.74, 6) is 0.559. The van der Waals surface area contributed by atoms with Crippen molar-refractivity contribution in [3.63, 3.8) is 0 Å². The minimum atomic E-state index is -0.0417. The summed E-state index contributed by atoms with van der Waals surface area (Å²) in [6.07, 6.45) is 1.83. The van der Waals surface area contributed by atoms with Crippen LogP contribution in [0.5, 0.6) is 5.88 Å². The second-order valence-corrected chi connectivity index (χ2v) is 5.70. The van der Waals surface area contributed by atoms with E-state index in [9.17, 15) is 4.79 Å². The summed E-state index contributed by atoms with van der Waals surface area (Å²) in [5, 5.41) is 4.81. The minimum absolute atomic E-state index is 0.0417. The van der Waals surface area contributed by atoms with Crippen LogP contribution in [0, 0.1) is 6.92 Å². The summed E-state index contributed by atoms with van der Waals surface area (Å²) >= 11 is 1.45. The molecule has 1 amide bonds. The monoisotopic (exact) mass is 290 g/mol. The lowest BCUT2D eigenvalue weighted by molar-refractivity contribution is 0.0954. The standard InChI is InChI=1S/C15H18N2O2S/c1-10(2)19-13-5-4-12(8-16-13)9-17-15(18)14-11(3)6-7-20-14/h4-8,10H,9H2,1-3H3,(H,17,18). The van der Waals surface area contributed by atoms with Gasteiger partial charge >= 0.3 is 0 Å². The topological polar surface area (TPSA) is 51.2 Å². The third-order valence-corrected chi connectivity index (χ3v) is 3.69. The molecule has 2 aromatic rings. The Morgan fingerprint density at radius 2 is 2.20 bits per heavy atom. The maximum absolute atomic E-state index is 12.0. The molecule has 20 heavy (non-hydrogen) atoms. The molecule has 1 N–H and O–H groups in total. The fourth-order valence-electron chi connectivity index (χ4n) is 1.69. The predicted molar refractivity (Wildman–Crippen MR) is 80.2 cm³/mol. The van der Waals surface area contributed by atoms with Crippen molar-refractivity contribution in [2.24, 2.45) is 0 Å². The van der Waals surface area contributed by atoms with Crippen LogP contribution in [0.15, 0.2) is 29.8 Å². The smallest absolute Gasteiger partial charge is 0.261 e. The molecule has 2 aromatic heterocycles. The van der Waals surface area contributed by atoms with Crippen LogP contribution in [0.2, 0.25) is 0 Å². The van der Waals surface area contributed by atoms with Gasteiger partial charge in [-0.05, 0) is 43.3 Å². The van der Waals surface area contributed by atoms with E-state index in [1.165, 1.54) is 11.3 Å². The zero-order chi connectivity index (χ0) is 14.5. The van der Waals surface area contributed by atoms with E-state index < -0.39 is 0 Å². The summed E-state index contributed by atoms with van der Waals surface area (Å²) in [6, 6.07) is 5.67. The summed E-state index contributed by atoms with van der Waals surface area (Å²) in [5.41, 5.74) is 1.95. The molecule has 2 rings (SSSR count). The molecular formula is C15H18N2O2S. The largest absolute Gasteiger partial charge is 0.475 e. The van der Waals surface area contributed by atoms with Crippen LogP contribution in [0.4, 0.5) is 0 Å². The molecule has 0 aliphatic carbocycles. The van der Waals surface area contributed by atoms with E-state index >= 15 is 0 Å². The lowest BCUT2D eigenvalue weighted by Crippen LogP contribution is -2.22. The molecule has 2 heterocycles. The summed E-state index contributed by atoms with van der Waals surface area (Å²) in [6.45, 7) is 6.31. The van der Waals surface area contributed by atoms with Crippen LogP contribution in [-0.2, 0) is 6.54 Å². The van der Waals surface area contributed by atoms with Gasteiger partial charge in [-0.1, -0.05) is 6.07 Å². The van der Waals surface area contributed by atoms with E-state index in [0.717, 1.165) is 16.0 Å².